The van der Waals surface area contributed by atoms with Crippen molar-refractivity contribution in [3.63, 3.8) is 0 Å². The minimum absolute atomic E-state index is 0.0167. The Kier molecular flexibility index (Phi) is 3.65. The second-order valence-electron chi connectivity index (χ2n) is 6.97. The largest absolute Gasteiger partial charge is 0.500 e. The molecule has 2 heterocycles. The minimum atomic E-state index is -0.110. The first kappa shape index (κ1) is 15.6. The van der Waals surface area contributed by atoms with Crippen molar-refractivity contribution in [2.45, 2.75) is 45.8 Å². The molecule has 0 N–H and O–H groups in total. The number of rotatable bonds is 4. The third kappa shape index (κ3) is 1.97. The average Bonchev–Trinajstić information content (AvgIpc) is 3.26. The van der Waals surface area contributed by atoms with Crippen molar-refractivity contribution >= 4 is 11.4 Å². The molecule has 3 nitrogen and oxygen atoms in total. The number of fused-ring (bicyclic) bond motifs is 5. The summed E-state index contributed by atoms with van der Waals surface area (Å²) in [6.45, 7) is 6.43. The predicted octanol–water partition coefficient (Wildman–Crippen LogP) is 3.63. The Hall–Kier alpha value is -1.87. The molecule has 126 valence electrons. The molecule has 2 aliphatic heterocycles. The number of ketones is 1. The highest BCUT2D eigenvalue weighted by Crippen LogP contribution is 2.52. The van der Waals surface area contributed by atoms with Gasteiger partial charge in [0.15, 0.2) is 5.78 Å². The van der Waals surface area contributed by atoms with Crippen molar-refractivity contribution in [3.8, 4) is 0 Å². The summed E-state index contributed by atoms with van der Waals surface area (Å²) in [6.07, 6.45) is 5.84. The van der Waals surface area contributed by atoms with Gasteiger partial charge in [0.25, 0.3) is 0 Å². The monoisotopic (exact) mass is 324 g/mol. The van der Waals surface area contributed by atoms with E-state index in [0.717, 1.165) is 29.7 Å². The summed E-state index contributed by atoms with van der Waals surface area (Å²) in [7, 11) is 1.69. The van der Waals surface area contributed by atoms with E-state index in [2.05, 4.69) is 39.0 Å². The van der Waals surface area contributed by atoms with E-state index in [4.69, 9.17) is 9.47 Å². The fourth-order valence-electron chi connectivity index (χ4n) is 4.69. The van der Waals surface area contributed by atoms with Crippen LogP contribution in [-0.4, -0.2) is 25.1 Å². The number of benzene rings is 1. The molecule has 24 heavy (non-hydrogen) atoms. The first-order valence-corrected chi connectivity index (χ1v) is 8.89. The molecule has 3 aliphatic rings. The molecule has 3 heteroatoms. The zero-order chi connectivity index (χ0) is 17.0. The molecule has 0 amide bonds. The Bertz CT molecular complexity index is 746. The molecule has 0 aromatic heterocycles. The standard InChI is InChI=1S/C21H24O3/c1-5-12-9-11(3)10-13(6-2)16(12)19-20(22)17-14-7-8-15(24-14)18(17)21(19)23-4/h7-10,14-15,17-18H,5-6H2,1-4H3/t14-,15+,17?,18-/m0/s1. The molecule has 0 spiro atoms. The summed E-state index contributed by atoms with van der Waals surface area (Å²) in [5.74, 6) is 0.959. The maximum absolute atomic E-state index is 13.3. The number of carbonyl (C=O) groups excluding carboxylic acids is 1. The van der Waals surface area contributed by atoms with E-state index in [1.165, 1.54) is 16.7 Å². The summed E-state index contributed by atoms with van der Waals surface area (Å²) in [6, 6.07) is 4.42. The van der Waals surface area contributed by atoms with Crippen LogP contribution in [0.15, 0.2) is 30.0 Å². The van der Waals surface area contributed by atoms with E-state index >= 15 is 0 Å². The molecule has 0 radical (unpaired) electrons. The lowest BCUT2D eigenvalue weighted by atomic mass is 9.83. The zero-order valence-electron chi connectivity index (χ0n) is 14.8. The quantitative estimate of drug-likeness (QED) is 0.794. The van der Waals surface area contributed by atoms with Gasteiger partial charge in [0.2, 0.25) is 0 Å². The van der Waals surface area contributed by atoms with Crippen LogP contribution in [0.1, 0.15) is 36.1 Å². The Labute approximate surface area is 143 Å². The fraction of sp³-hybridized carbons (Fsp3) is 0.476. The number of hydrogen-bond donors (Lipinski definition) is 0. The second-order valence-corrected chi connectivity index (χ2v) is 6.97. The van der Waals surface area contributed by atoms with Gasteiger partial charge < -0.3 is 9.47 Å². The van der Waals surface area contributed by atoms with Gasteiger partial charge >= 0.3 is 0 Å². The summed E-state index contributed by atoms with van der Waals surface area (Å²) in [5.41, 5.74) is 5.66. The first-order chi connectivity index (χ1) is 11.6. The molecule has 2 bridgehead atoms. The van der Waals surface area contributed by atoms with Gasteiger partial charge in [-0.2, -0.15) is 0 Å². The number of Topliss-reactive ketones (excluding diaryl/α,β-unsaturated/α-hetero) is 1. The third-order valence-electron chi connectivity index (χ3n) is 5.68. The van der Waals surface area contributed by atoms with Crippen molar-refractivity contribution < 1.29 is 14.3 Å². The van der Waals surface area contributed by atoms with Crippen molar-refractivity contribution in [2.75, 3.05) is 7.11 Å². The number of carbonyl (C=O) groups is 1. The van der Waals surface area contributed by atoms with Crippen LogP contribution < -0.4 is 0 Å². The van der Waals surface area contributed by atoms with Gasteiger partial charge in [-0.1, -0.05) is 43.7 Å². The van der Waals surface area contributed by atoms with Crippen LogP contribution in [0, 0.1) is 18.8 Å². The third-order valence-corrected chi connectivity index (χ3v) is 5.68. The Morgan fingerprint density at radius 2 is 1.62 bits per heavy atom. The normalized spacial score (nSPS) is 30.4. The van der Waals surface area contributed by atoms with E-state index in [0.29, 0.717) is 0 Å². The van der Waals surface area contributed by atoms with E-state index in [1.54, 1.807) is 7.11 Å². The maximum Gasteiger partial charge on any atom is 0.173 e. The average molecular weight is 324 g/mol. The number of methoxy groups -OCH3 is 1. The molecule has 4 atom stereocenters. The van der Waals surface area contributed by atoms with Gasteiger partial charge in [0.1, 0.15) is 5.76 Å². The van der Waals surface area contributed by atoms with Crippen molar-refractivity contribution in [2.24, 2.45) is 11.8 Å². The van der Waals surface area contributed by atoms with Gasteiger partial charge in [-0.25, -0.2) is 0 Å². The van der Waals surface area contributed by atoms with Crippen LogP contribution in [0.2, 0.25) is 0 Å². The summed E-state index contributed by atoms with van der Waals surface area (Å²) < 4.78 is 11.7. The van der Waals surface area contributed by atoms with Gasteiger partial charge in [-0.3, -0.25) is 4.79 Å². The lowest BCUT2D eigenvalue weighted by Crippen LogP contribution is -2.26. The van der Waals surface area contributed by atoms with E-state index in [1.807, 2.05) is 6.08 Å². The number of hydrogen-bond acceptors (Lipinski definition) is 3. The predicted molar refractivity (Wildman–Crippen MR) is 93.7 cm³/mol. The Morgan fingerprint density at radius 1 is 1.04 bits per heavy atom. The van der Waals surface area contributed by atoms with Gasteiger partial charge in [-0.15, -0.1) is 0 Å². The van der Waals surface area contributed by atoms with Gasteiger partial charge in [-0.05, 0) is 36.5 Å². The summed E-state index contributed by atoms with van der Waals surface area (Å²) >= 11 is 0. The Morgan fingerprint density at radius 3 is 2.17 bits per heavy atom. The van der Waals surface area contributed by atoms with Crippen LogP contribution >= 0.6 is 0 Å². The zero-order valence-corrected chi connectivity index (χ0v) is 14.8. The molecule has 0 saturated carbocycles. The van der Waals surface area contributed by atoms with Gasteiger partial charge in [0, 0.05) is 0 Å². The number of aryl methyl sites for hydroxylation is 3. The van der Waals surface area contributed by atoms with E-state index < -0.39 is 0 Å². The van der Waals surface area contributed by atoms with Crippen molar-refractivity contribution in [1.29, 1.82) is 0 Å². The van der Waals surface area contributed by atoms with Crippen LogP contribution in [0.5, 0.6) is 0 Å². The first-order valence-electron chi connectivity index (χ1n) is 8.89. The van der Waals surface area contributed by atoms with Crippen LogP contribution in [0.4, 0.5) is 0 Å². The molecule has 1 aromatic rings. The highest BCUT2D eigenvalue weighted by molar-refractivity contribution is 6.26. The van der Waals surface area contributed by atoms with Crippen LogP contribution in [-0.2, 0) is 27.1 Å². The lowest BCUT2D eigenvalue weighted by Gasteiger charge is -2.19. The Balaban J connectivity index is 1.93. The van der Waals surface area contributed by atoms with Gasteiger partial charge in [0.05, 0.1) is 36.7 Å². The highest BCUT2D eigenvalue weighted by atomic mass is 16.5. The molecule has 1 fully saturated rings. The molecular weight excluding hydrogens is 300 g/mol. The molecule has 1 saturated heterocycles. The maximum atomic E-state index is 13.3. The number of ether oxygens (including phenoxy) is 2. The van der Waals surface area contributed by atoms with Crippen LogP contribution in [0.25, 0.3) is 5.57 Å². The topological polar surface area (TPSA) is 35.5 Å². The number of allylic oxidation sites excluding steroid dienone is 1. The van der Waals surface area contributed by atoms with Crippen molar-refractivity contribution in [1.82, 2.24) is 0 Å². The SMILES string of the molecule is CCc1cc(C)cc(CC)c1C1=C(OC)[C@@H]2C(C1=O)[C@@H]1C=C[C@H]2O1. The smallest absolute Gasteiger partial charge is 0.173 e. The molecule has 4 rings (SSSR count). The molecule has 1 unspecified atom stereocenters. The van der Waals surface area contributed by atoms with E-state index in [-0.39, 0.29) is 29.8 Å². The fourth-order valence-corrected chi connectivity index (χ4v) is 4.69. The lowest BCUT2D eigenvalue weighted by molar-refractivity contribution is -0.118. The summed E-state index contributed by atoms with van der Waals surface area (Å²) in [4.78, 5) is 13.3. The highest BCUT2D eigenvalue weighted by Gasteiger charge is 2.57. The minimum Gasteiger partial charge on any atom is -0.500 e. The van der Waals surface area contributed by atoms with E-state index in [9.17, 15) is 4.79 Å². The molecule has 1 aromatic carbocycles. The van der Waals surface area contributed by atoms with Crippen LogP contribution in [0.3, 0.4) is 0 Å². The second kappa shape index (κ2) is 5.59. The molecular formula is C21H24O3. The summed E-state index contributed by atoms with van der Waals surface area (Å²) in [5, 5.41) is 0. The van der Waals surface area contributed by atoms with Crippen molar-refractivity contribution in [3.05, 3.63) is 52.3 Å². The molecule has 1 aliphatic carbocycles.